The van der Waals surface area contributed by atoms with Gasteiger partial charge in [0.25, 0.3) is 11.1 Å². The number of carbonyl (C=O) groups excluding carboxylic acids is 2. The average molecular weight is 402 g/mol. The molecule has 0 aliphatic carbocycles. The number of nitrogens with zero attached hydrogens (tertiary/aromatic N) is 1. The van der Waals surface area contributed by atoms with Crippen LogP contribution in [-0.4, -0.2) is 15.7 Å². The van der Waals surface area contributed by atoms with Crippen LogP contribution in [0.5, 0.6) is 0 Å². The molecule has 1 N–H and O–H groups in total. The van der Waals surface area contributed by atoms with Gasteiger partial charge in [-0.15, -0.1) is 0 Å². The van der Waals surface area contributed by atoms with Crippen molar-refractivity contribution < 1.29 is 22.8 Å². The largest absolute Gasteiger partial charge is 0.416 e. The van der Waals surface area contributed by atoms with Gasteiger partial charge in [-0.05, 0) is 47.2 Å². The van der Waals surface area contributed by atoms with Crippen molar-refractivity contribution in [3.63, 3.8) is 0 Å². The maximum absolute atomic E-state index is 13.3. The Balaban J connectivity index is 1.73. The standard InChI is InChI=1S/C20H13F3N2O2S/c21-20(22,23)15-6-2-1-4-13(15)11-25-9-8-14-12(5-3-7-16(14)25)10-17-18(26)24-19(27)28-17/h1-10H,11H2,(H,24,26,27). The van der Waals surface area contributed by atoms with E-state index in [1.165, 1.54) is 12.1 Å². The molecule has 3 aromatic rings. The summed E-state index contributed by atoms with van der Waals surface area (Å²) in [6.45, 7) is 0.0624. The van der Waals surface area contributed by atoms with Gasteiger partial charge in [0, 0.05) is 23.6 Å². The molecule has 28 heavy (non-hydrogen) atoms. The van der Waals surface area contributed by atoms with Gasteiger partial charge in [-0.25, -0.2) is 0 Å². The quantitative estimate of drug-likeness (QED) is 0.625. The lowest BCUT2D eigenvalue weighted by Gasteiger charge is -2.14. The van der Waals surface area contributed by atoms with Crippen molar-refractivity contribution in [1.82, 2.24) is 9.88 Å². The summed E-state index contributed by atoms with van der Waals surface area (Å²) >= 11 is 0.821. The van der Waals surface area contributed by atoms with E-state index in [1.54, 1.807) is 47.2 Å². The smallest absolute Gasteiger partial charge is 0.343 e. The number of fused-ring (bicyclic) bond motifs is 1. The lowest BCUT2D eigenvalue weighted by Crippen LogP contribution is -2.17. The molecule has 0 atom stereocenters. The van der Waals surface area contributed by atoms with Crippen LogP contribution in [0.4, 0.5) is 18.0 Å². The van der Waals surface area contributed by atoms with E-state index in [2.05, 4.69) is 5.32 Å². The van der Waals surface area contributed by atoms with E-state index in [-0.39, 0.29) is 17.0 Å². The number of aromatic nitrogens is 1. The van der Waals surface area contributed by atoms with Crippen LogP contribution in [0.2, 0.25) is 0 Å². The first-order chi connectivity index (χ1) is 13.3. The van der Waals surface area contributed by atoms with Gasteiger partial charge in [0.05, 0.1) is 10.5 Å². The van der Waals surface area contributed by atoms with Gasteiger partial charge >= 0.3 is 6.18 Å². The van der Waals surface area contributed by atoms with E-state index in [4.69, 9.17) is 0 Å². The van der Waals surface area contributed by atoms with Gasteiger partial charge in [-0.2, -0.15) is 13.2 Å². The van der Waals surface area contributed by atoms with Crippen LogP contribution in [0.3, 0.4) is 0 Å². The first-order valence-electron chi connectivity index (χ1n) is 8.31. The minimum Gasteiger partial charge on any atom is -0.343 e. The molecule has 1 aliphatic heterocycles. The molecule has 1 fully saturated rings. The fourth-order valence-electron chi connectivity index (χ4n) is 3.19. The van der Waals surface area contributed by atoms with Crippen LogP contribution in [0, 0.1) is 0 Å². The molecule has 1 aromatic heterocycles. The number of imide groups is 1. The fourth-order valence-corrected chi connectivity index (χ4v) is 3.86. The van der Waals surface area contributed by atoms with Crippen LogP contribution in [-0.2, 0) is 17.5 Å². The summed E-state index contributed by atoms with van der Waals surface area (Å²) in [7, 11) is 0. The number of benzene rings is 2. The molecular weight excluding hydrogens is 389 g/mol. The SMILES string of the molecule is O=C1NC(=O)C(=Cc2cccc3c2ccn3Cc2ccccc2C(F)(F)F)S1. The van der Waals surface area contributed by atoms with Crippen LogP contribution in [0.25, 0.3) is 17.0 Å². The topological polar surface area (TPSA) is 51.1 Å². The van der Waals surface area contributed by atoms with Gasteiger partial charge in [-0.3, -0.25) is 14.9 Å². The summed E-state index contributed by atoms with van der Waals surface area (Å²) in [6, 6.07) is 12.6. The molecule has 8 heteroatoms. The maximum Gasteiger partial charge on any atom is 0.416 e. The normalized spacial score (nSPS) is 16.2. The van der Waals surface area contributed by atoms with Crippen molar-refractivity contribution in [3.8, 4) is 0 Å². The number of alkyl halides is 3. The number of thioether (sulfide) groups is 1. The molecule has 0 saturated carbocycles. The Kier molecular flexibility index (Phi) is 4.50. The zero-order chi connectivity index (χ0) is 19.9. The third-order valence-electron chi connectivity index (χ3n) is 4.44. The summed E-state index contributed by atoms with van der Waals surface area (Å²) in [5.41, 5.74) is 0.967. The monoisotopic (exact) mass is 402 g/mol. The van der Waals surface area contributed by atoms with Gasteiger partial charge in [0.2, 0.25) is 0 Å². The highest BCUT2D eigenvalue weighted by atomic mass is 32.2. The predicted octanol–water partition coefficient (Wildman–Crippen LogP) is 5.03. The molecule has 0 spiro atoms. The second kappa shape index (κ2) is 6.87. The van der Waals surface area contributed by atoms with Crippen molar-refractivity contribution in [2.45, 2.75) is 12.7 Å². The molecule has 0 radical (unpaired) electrons. The predicted molar refractivity (Wildman–Crippen MR) is 102 cm³/mol. The second-order valence-corrected chi connectivity index (χ2v) is 7.25. The number of nitrogens with one attached hydrogen (secondary N) is 1. The number of carbonyl (C=O) groups is 2. The third-order valence-corrected chi connectivity index (χ3v) is 5.25. The van der Waals surface area contributed by atoms with Gasteiger partial charge in [0.15, 0.2) is 0 Å². The first-order valence-corrected chi connectivity index (χ1v) is 9.12. The molecule has 0 bridgehead atoms. The number of rotatable bonds is 3. The van der Waals surface area contributed by atoms with Crippen LogP contribution in [0.1, 0.15) is 16.7 Å². The minimum absolute atomic E-state index is 0.0624. The van der Waals surface area contributed by atoms with E-state index in [0.29, 0.717) is 5.56 Å². The van der Waals surface area contributed by atoms with Crippen molar-refractivity contribution in [1.29, 1.82) is 0 Å². The van der Waals surface area contributed by atoms with Gasteiger partial charge in [0.1, 0.15) is 0 Å². The summed E-state index contributed by atoms with van der Waals surface area (Å²) in [5, 5.41) is 2.56. The zero-order valence-electron chi connectivity index (χ0n) is 14.3. The highest BCUT2D eigenvalue weighted by Gasteiger charge is 2.33. The van der Waals surface area contributed by atoms with E-state index < -0.39 is 22.9 Å². The molecule has 142 valence electrons. The summed E-state index contributed by atoms with van der Waals surface area (Å²) in [5.74, 6) is -0.453. The van der Waals surface area contributed by atoms with Crippen LogP contribution >= 0.6 is 11.8 Å². The molecular formula is C20H13F3N2O2S. The molecule has 1 saturated heterocycles. The highest BCUT2D eigenvalue weighted by Crippen LogP contribution is 2.33. The number of halogens is 3. The molecule has 2 aromatic carbocycles. The van der Waals surface area contributed by atoms with Crippen LogP contribution < -0.4 is 5.32 Å². The number of hydrogen-bond donors (Lipinski definition) is 1. The van der Waals surface area contributed by atoms with E-state index in [0.717, 1.165) is 28.7 Å². The zero-order valence-corrected chi connectivity index (χ0v) is 15.1. The lowest BCUT2D eigenvalue weighted by molar-refractivity contribution is -0.138. The summed E-state index contributed by atoms with van der Waals surface area (Å²) in [4.78, 5) is 23.4. The Morgan fingerprint density at radius 1 is 1.04 bits per heavy atom. The van der Waals surface area contributed by atoms with Crippen molar-refractivity contribution in [2.75, 3.05) is 0 Å². The second-order valence-electron chi connectivity index (χ2n) is 6.23. The minimum atomic E-state index is -4.42. The van der Waals surface area contributed by atoms with Crippen molar-refractivity contribution in [3.05, 3.63) is 76.3 Å². The summed E-state index contributed by atoms with van der Waals surface area (Å²) < 4.78 is 41.5. The van der Waals surface area contributed by atoms with E-state index >= 15 is 0 Å². The molecule has 2 heterocycles. The Bertz CT molecular complexity index is 1130. The Morgan fingerprint density at radius 2 is 1.82 bits per heavy atom. The van der Waals surface area contributed by atoms with Gasteiger partial charge < -0.3 is 4.57 Å². The Labute approximate surface area is 162 Å². The van der Waals surface area contributed by atoms with Crippen molar-refractivity contribution in [2.24, 2.45) is 0 Å². The summed E-state index contributed by atoms with van der Waals surface area (Å²) in [6.07, 6.45) is -1.09. The Hall–Kier alpha value is -3.00. The third kappa shape index (κ3) is 3.43. The first kappa shape index (κ1) is 18.4. The molecule has 4 rings (SSSR count). The highest BCUT2D eigenvalue weighted by molar-refractivity contribution is 8.18. The molecule has 0 unspecified atom stereocenters. The van der Waals surface area contributed by atoms with E-state index in [9.17, 15) is 22.8 Å². The number of hydrogen-bond acceptors (Lipinski definition) is 3. The fraction of sp³-hybridized carbons (Fsp3) is 0.100. The maximum atomic E-state index is 13.3. The van der Waals surface area contributed by atoms with Crippen LogP contribution in [0.15, 0.2) is 59.6 Å². The number of amides is 2. The average Bonchev–Trinajstić information content (AvgIpc) is 3.18. The molecule has 1 aliphatic rings. The van der Waals surface area contributed by atoms with Gasteiger partial charge in [-0.1, -0.05) is 30.3 Å². The van der Waals surface area contributed by atoms with Crippen molar-refractivity contribution >= 4 is 39.9 Å². The molecule has 4 nitrogen and oxygen atoms in total. The molecule has 2 amide bonds. The van der Waals surface area contributed by atoms with E-state index in [1.807, 2.05) is 0 Å². The Morgan fingerprint density at radius 3 is 2.54 bits per heavy atom. The lowest BCUT2D eigenvalue weighted by atomic mass is 10.1.